The highest BCUT2D eigenvalue weighted by molar-refractivity contribution is 5.79. The lowest BCUT2D eigenvalue weighted by Crippen LogP contribution is -2.48. The first kappa shape index (κ1) is 51.0. The van der Waals surface area contributed by atoms with Gasteiger partial charge in [0.1, 0.15) is 24.8 Å². The number of esters is 2. The molecule has 2 aromatic carbocycles. The Morgan fingerprint density at radius 2 is 1.44 bits per heavy atom. The molecule has 0 aliphatic carbocycles. The van der Waals surface area contributed by atoms with Gasteiger partial charge in [0.15, 0.2) is 0 Å². The van der Waals surface area contributed by atoms with Crippen molar-refractivity contribution in [1.29, 1.82) is 5.26 Å². The fraction of sp³-hybridized carbons (Fsp3) is 0.647. The third kappa shape index (κ3) is 12.0. The smallest absolute Gasteiger partial charge is 0.312 e. The van der Waals surface area contributed by atoms with E-state index in [-0.39, 0.29) is 53.2 Å². The van der Waals surface area contributed by atoms with Crippen LogP contribution in [-0.4, -0.2) is 41.8 Å². The Hall–Kier alpha value is -4.12. The van der Waals surface area contributed by atoms with E-state index in [0.29, 0.717) is 25.0 Å². The van der Waals surface area contributed by atoms with Crippen molar-refractivity contribution < 1.29 is 23.8 Å². The summed E-state index contributed by atoms with van der Waals surface area (Å²) in [6.07, 6.45) is 6.40. The Morgan fingerprint density at radius 1 is 0.864 bits per heavy atom. The Bertz CT molecular complexity index is 1880. The summed E-state index contributed by atoms with van der Waals surface area (Å²) in [5.41, 5.74) is 2.66. The molecule has 3 aromatic rings. The molecule has 0 bridgehead atoms. The highest BCUT2D eigenvalue weighted by Gasteiger charge is 2.52. The van der Waals surface area contributed by atoms with Gasteiger partial charge in [0, 0.05) is 18.0 Å². The molecule has 0 fully saturated rings. The number of nitriles is 1. The van der Waals surface area contributed by atoms with Gasteiger partial charge in [0.2, 0.25) is 0 Å². The summed E-state index contributed by atoms with van der Waals surface area (Å²) >= 11 is 0. The molecule has 0 N–H and O–H groups in total. The molecule has 59 heavy (non-hydrogen) atoms. The summed E-state index contributed by atoms with van der Waals surface area (Å²) in [4.78, 5) is 32.5. The van der Waals surface area contributed by atoms with Crippen molar-refractivity contribution >= 4 is 11.9 Å². The summed E-state index contributed by atoms with van der Waals surface area (Å²) in [7, 11) is 1.42. The van der Waals surface area contributed by atoms with Crippen LogP contribution in [0, 0.1) is 64.1 Å². The normalized spacial score (nSPS) is 15.4. The summed E-state index contributed by atoms with van der Waals surface area (Å²) in [5, 5.41) is 10.1. The van der Waals surface area contributed by atoms with Crippen LogP contribution < -0.4 is 4.74 Å². The Labute approximate surface area is 358 Å². The highest BCUT2D eigenvalue weighted by atomic mass is 16.6. The number of aromatic nitrogens is 2. The Balaban J connectivity index is 0.00000590. The van der Waals surface area contributed by atoms with Gasteiger partial charge in [0.25, 0.3) is 0 Å². The minimum absolute atomic E-state index is 0.00686. The maximum Gasteiger partial charge on any atom is 0.312 e. The van der Waals surface area contributed by atoms with Crippen LogP contribution in [0.15, 0.2) is 48.8 Å². The van der Waals surface area contributed by atoms with Crippen molar-refractivity contribution in [3.63, 3.8) is 0 Å². The number of hydrogen-bond donors (Lipinski definition) is 0. The zero-order valence-electron chi connectivity index (χ0n) is 40.4. The minimum Gasteiger partial charge on any atom is -0.490 e. The number of aryl methyl sites for hydroxylation is 2. The van der Waals surface area contributed by atoms with Crippen molar-refractivity contribution in [3.05, 3.63) is 65.5 Å². The first-order valence-electron chi connectivity index (χ1n) is 21.7. The van der Waals surface area contributed by atoms with Gasteiger partial charge in [-0.1, -0.05) is 121 Å². The van der Waals surface area contributed by atoms with Crippen LogP contribution in [0.4, 0.5) is 0 Å². The summed E-state index contributed by atoms with van der Waals surface area (Å²) < 4.78 is 19.8. The minimum atomic E-state index is -0.968. The van der Waals surface area contributed by atoms with Crippen molar-refractivity contribution in [2.45, 2.75) is 156 Å². The van der Waals surface area contributed by atoms with Crippen LogP contribution in [0.2, 0.25) is 0 Å². The summed E-state index contributed by atoms with van der Waals surface area (Å²) in [6, 6.07) is 15.1. The van der Waals surface area contributed by atoms with Gasteiger partial charge in [0.05, 0.1) is 35.6 Å². The third-order valence-electron chi connectivity index (χ3n) is 13.1. The standard InChI is InChI=1S/C49H73N3O5.C2H6/c1-18-47(13,14)39-22-20-19-21-38(39)41-51-23-24-52(41)40-33(2)27-37(28-34(40)3)56-25-26-57-42(53)48(15,32-46(11,12)30-36(31-50)44(5,6)7)35(4)29-49(16,43(54)55-17)45(8,9)10;1-2/h19-24,27-28,35-36H,18,25-26,29-30,32H2,1-17H3;1-2H3. The zero-order chi connectivity index (χ0) is 45.4. The maximum atomic E-state index is 14.4. The molecule has 3 rings (SSSR count). The SMILES string of the molecule is CC.CCC(C)(C)c1ccccc1-c1nccn1-c1c(C)cc(OCCOC(=O)C(C)(CC(C)(C)CC(C#N)C(C)(C)C)C(C)CC(C)(C(=O)OC)C(C)(C)C)cc1C. The fourth-order valence-electron chi connectivity index (χ4n) is 8.35. The van der Waals surface area contributed by atoms with Crippen LogP contribution in [0.25, 0.3) is 17.1 Å². The van der Waals surface area contributed by atoms with E-state index in [2.05, 4.69) is 104 Å². The summed E-state index contributed by atoms with van der Waals surface area (Å²) in [6.45, 7) is 37.7. The molecule has 328 valence electrons. The van der Waals surface area contributed by atoms with E-state index in [1.54, 1.807) is 0 Å². The van der Waals surface area contributed by atoms with Crippen molar-refractivity contribution in [3.8, 4) is 28.9 Å². The van der Waals surface area contributed by atoms with Crippen LogP contribution in [0.1, 0.15) is 153 Å². The second-order valence-corrected chi connectivity index (χ2v) is 20.5. The topological polar surface area (TPSA) is 103 Å². The molecule has 8 nitrogen and oxygen atoms in total. The molecule has 0 aliphatic heterocycles. The first-order valence-corrected chi connectivity index (χ1v) is 21.7. The number of ether oxygens (including phenoxy) is 3. The number of carbonyl (C=O) groups is 2. The first-order chi connectivity index (χ1) is 27.2. The van der Waals surface area contributed by atoms with Gasteiger partial charge >= 0.3 is 11.9 Å². The molecule has 1 heterocycles. The zero-order valence-corrected chi connectivity index (χ0v) is 40.4. The number of imidazole rings is 1. The van der Waals surface area contributed by atoms with Crippen molar-refractivity contribution in [1.82, 2.24) is 9.55 Å². The maximum absolute atomic E-state index is 14.4. The number of methoxy groups -OCH3 is 1. The molecule has 8 heteroatoms. The largest absolute Gasteiger partial charge is 0.490 e. The average molecular weight is 814 g/mol. The van der Waals surface area contributed by atoms with Gasteiger partial charge in [-0.15, -0.1) is 0 Å². The van der Waals surface area contributed by atoms with E-state index in [1.807, 2.05) is 79.9 Å². The number of carbonyl (C=O) groups excluding carboxylic acids is 2. The number of nitrogens with zero attached hydrogens (tertiary/aromatic N) is 3. The van der Waals surface area contributed by atoms with E-state index in [9.17, 15) is 14.9 Å². The van der Waals surface area contributed by atoms with Gasteiger partial charge in [-0.3, -0.25) is 14.2 Å². The lowest BCUT2D eigenvalue weighted by atomic mass is 9.57. The monoisotopic (exact) mass is 814 g/mol. The molecule has 0 amide bonds. The molecular weight excluding hydrogens is 735 g/mol. The van der Waals surface area contributed by atoms with Gasteiger partial charge in [-0.2, -0.15) is 5.26 Å². The molecule has 4 unspecified atom stereocenters. The van der Waals surface area contributed by atoms with E-state index >= 15 is 0 Å². The van der Waals surface area contributed by atoms with E-state index in [1.165, 1.54) is 12.7 Å². The van der Waals surface area contributed by atoms with Crippen LogP contribution in [-0.2, 0) is 24.5 Å². The molecule has 0 spiro atoms. The molecule has 1 aromatic heterocycles. The molecular formula is C51H79N3O5. The van der Waals surface area contributed by atoms with Crippen LogP contribution >= 0.6 is 0 Å². The Kier molecular flexibility index (Phi) is 17.3. The van der Waals surface area contributed by atoms with Crippen LogP contribution in [0.5, 0.6) is 5.75 Å². The van der Waals surface area contributed by atoms with Gasteiger partial charge in [-0.25, -0.2) is 4.98 Å². The quantitative estimate of drug-likeness (QED) is 0.0987. The van der Waals surface area contributed by atoms with E-state index in [0.717, 1.165) is 34.6 Å². The highest BCUT2D eigenvalue weighted by Crippen LogP contribution is 2.52. The van der Waals surface area contributed by atoms with E-state index < -0.39 is 16.2 Å². The predicted molar refractivity (Wildman–Crippen MR) is 243 cm³/mol. The van der Waals surface area contributed by atoms with E-state index in [4.69, 9.17) is 19.2 Å². The third-order valence-corrected chi connectivity index (χ3v) is 13.1. The molecule has 0 saturated heterocycles. The fourth-order valence-corrected chi connectivity index (χ4v) is 8.35. The lowest BCUT2D eigenvalue weighted by Gasteiger charge is -2.46. The second-order valence-electron chi connectivity index (χ2n) is 20.5. The van der Waals surface area contributed by atoms with Crippen LogP contribution in [0.3, 0.4) is 0 Å². The molecule has 0 radical (unpaired) electrons. The molecule has 0 saturated carbocycles. The molecule has 4 atom stereocenters. The van der Waals surface area contributed by atoms with Crippen molar-refractivity contribution in [2.75, 3.05) is 20.3 Å². The number of benzene rings is 2. The number of hydrogen-bond acceptors (Lipinski definition) is 7. The van der Waals surface area contributed by atoms with Crippen molar-refractivity contribution in [2.24, 2.45) is 38.9 Å². The van der Waals surface area contributed by atoms with Gasteiger partial charge in [-0.05, 0) is 110 Å². The average Bonchev–Trinajstić information content (AvgIpc) is 3.63. The number of rotatable bonds is 17. The van der Waals surface area contributed by atoms with Gasteiger partial charge < -0.3 is 14.2 Å². The Morgan fingerprint density at radius 3 is 1.95 bits per heavy atom. The molecule has 0 aliphatic rings. The summed E-state index contributed by atoms with van der Waals surface area (Å²) in [5.74, 6) is 0.506. The second kappa shape index (κ2) is 20.0. The predicted octanol–water partition coefficient (Wildman–Crippen LogP) is 13.0. The lowest BCUT2D eigenvalue weighted by molar-refractivity contribution is -0.169.